The Balaban J connectivity index is 0.00000242. The standard InChI is InChI=1S/C16H29N3O2.ClH/c1-2-17-15(20)4-3-5-16(21)19-10-8-14(9-11-19)18-12-13-6-7-13;/h13-14,18H,2-12H2,1H3,(H,17,20);1H. The number of likely N-dealkylation sites (tertiary alicyclic amines) is 1. The molecule has 0 aromatic carbocycles. The average molecular weight is 332 g/mol. The molecule has 0 spiro atoms. The molecule has 0 atom stereocenters. The van der Waals surface area contributed by atoms with Crippen molar-refractivity contribution in [1.82, 2.24) is 15.5 Å². The summed E-state index contributed by atoms with van der Waals surface area (Å²) in [7, 11) is 0. The van der Waals surface area contributed by atoms with Crippen LogP contribution in [0.5, 0.6) is 0 Å². The van der Waals surface area contributed by atoms with E-state index in [9.17, 15) is 9.59 Å². The maximum atomic E-state index is 12.1. The Bertz CT molecular complexity index is 353. The molecule has 22 heavy (non-hydrogen) atoms. The highest BCUT2D eigenvalue weighted by atomic mass is 35.5. The third kappa shape index (κ3) is 6.97. The Morgan fingerprint density at radius 1 is 1.09 bits per heavy atom. The molecule has 2 rings (SSSR count). The van der Waals surface area contributed by atoms with Crippen LogP contribution in [-0.2, 0) is 9.59 Å². The number of rotatable bonds is 8. The molecule has 0 radical (unpaired) electrons. The van der Waals surface area contributed by atoms with Gasteiger partial charge in [-0.1, -0.05) is 0 Å². The molecular weight excluding hydrogens is 302 g/mol. The quantitative estimate of drug-likeness (QED) is 0.711. The van der Waals surface area contributed by atoms with E-state index in [0.717, 1.165) is 38.4 Å². The second-order valence-corrected chi connectivity index (χ2v) is 6.31. The summed E-state index contributed by atoms with van der Waals surface area (Å²) in [5.41, 5.74) is 0. The number of halogens is 1. The first kappa shape index (κ1) is 19.2. The molecule has 2 N–H and O–H groups in total. The van der Waals surface area contributed by atoms with Crippen LogP contribution in [0.15, 0.2) is 0 Å². The van der Waals surface area contributed by atoms with Crippen molar-refractivity contribution in [2.45, 2.75) is 57.9 Å². The summed E-state index contributed by atoms with van der Waals surface area (Å²) in [6.07, 6.45) is 6.51. The molecule has 2 fully saturated rings. The van der Waals surface area contributed by atoms with E-state index >= 15 is 0 Å². The summed E-state index contributed by atoms with van der Waals surface area (Å²) in [4.78, 5) is 25.4. The van der Waals surface area contributed by atoms with Crippen molar-refractivity contribution in [2.75, 3.05) is 26.2 Å². The number of carbonyl (C=O) groups is 2. The summed E-state index contributed by atoms with van der Waals surface area (Å²) in [5.74, 6) is 1.17. The molecule has 2 aliphatic rings. The van der Waals surface area contributed by atoms with Gasteiger partial charge < -0.3 is 15.5 Å². The van der Waals surface area contributed by atoms with Crippen molar-refractivity contribution in [3.63, 3.8) is 0 Å². The van der Waals surface area contributed by atoms with Gasteiger partial charge in [0.1, 0.15) is 0 Å². The van der Waals surface area contributed by atoms with Gasteiger partial charge in [0.05, 0.1) is 0 Å². The van der Waals surface area contributed by atoms with Crippen LogP contribution in [-0.4, -0.2) is 48.9 Å². The van der Waals surface area contributed by atoms with E-state index in [-0.39, 0.29) is 24.2 Å². The van der Waals surface area contributed by atoms with Crippen LogP contribution in [0.4, 0.5) is 0 Å². The van der Waals surface area contributed by atoms with Gasteiger partial charge in [0.2, 0.25) is 11.8 Å². The third-order valence-electron chi connectivity index (χ3n) is 4.41. The van der Waals surface area contributed by atoms with Gasteiger partial charge in [-0.15, -0.1) is 12.4 Å². The molecule has 1 saturated heterocycles. The molecule has 0 aromatic rings. The Kier molecular flexibility index (Phi) is 8.79. The predicted octanol–water partition coefficient (Wildman–Crippen LogP) is 1.71. The fourth-order valence-corrected chi connectivity index (χ4v) is 2.83. The number of carbonyl (C=O) groups excluding carboxylic acids is 2. The van der Waals surface area contributed by atoms with Gasteiger partial charge in [0, 0.05) is 38.5 Å². The number of nitrogens with zero attached hydrogens (tertiary/aromatic N) is 1. The summed E-state index contributed by atoms with van der Waals surface area (Å²) >= 11 is 0. The van der Waals surface area contributed by atoms with Crippen molar-refractivity contribution < 1.29 is 9.59 Å². The zero-order valence-electron chi connectivity index (χ0n) is 13.6. The van der Waals surface area contributed by atoms with Crippen LogP contribution in [0, 0.1) is 5.92 Å². The van der Waals surface area contributed by atoms with E-state index in [0.29, 0.717) is 31.8 Å². The Morgan fingerprint density at radius 2 is 1.77 bits per heavy atom. The summed E-state index contributed by atoms with van der Waals surface area (Å²) in [6, 6.07) is 0.588. The van der Waals surface area contributed by atoms with Crippen LogP contribution >= 0.6 is 12.4 Å². The number of hydrogen-bond acceptors (Lipinski definition) is 3. The topological polar surface area (TPSA) is 61.4 Å². The van der Waals surface area contributed by atoms with Crippen LogP contribution in [0.25, 0.3) is 0 Å². The molecule has 0 aromatic heterocycles. The SMILES string of the molecule is CCNC(=O)CCCC(=O)N1CCC(NCC2CC2)CC1.Cl. The predicted molar refractivity (Wildman–Crippen MR) is 90.1 cm³/mol. The fourth-order valence-electron chi connectivity index (χ4n) is 2.83. The van der Waals surface area contributed by atoms with Crippen LogP contribution < -0.4 is 10.6 Å². The van der Waals surface area contributed by atoms with Crippen LogP contribution in [0.2, 0.25) is 0 Å². The Hall–Kier alpha value is -0.810. The molecular formula is C16H30ClN3O2. The van der Waals surface area contributed by atoms with Gasteiger partial charge in [0.15, 0.2) is 0 Å². The molecule has 0 unspecified atom stereocenters. The molecule has 2 amide bonds. The van der Waals surface area contributed by atoms with Crippen LogP contribution in [0.1, 0.15) is 51.9 Å². The molecule has 6 heteroatoms. The second-order valence-electron chi connectivity index (χ2n) is 6.31. The zero-order chi connectivity index (χ0) is 15.1. The van der Waals surface area contributed by atoms with Gasteiger partial charge in [-0.2, -0.15) is 0 Å². The second kappa shape index (κ2) is 10.1. The highest BCUT2D eigenvalue weighted by molar-refractivity contribution is 5.85. The van der Waals surface area contributed by atoms with E-state index in [2.05, 4.69) is 10.6 Å². The molecule has 128 valence electrons. The van der Waals surface area contributed by atoms with E-state index in [1.54, 1.807) is 0 Å². The Labute approximate surface area is 140 Å². The average Bonchev–Trinajstić information content (AvgIpc) is 3.30. The zero-order valence-corrected chi connectivity index (χ0v) is 14.4. The van der Waals surface area contributed by atoms with Gasteiger partial charge >= 0.3 is 0 Å². The van der Waals surface area contributed by atoms with Gasteiger partial charge in [-0.05, 0) is 51.5 Å². The molecule has 0 bridgehead atoms. The normalized spacial score (nSPS) is 18.7. The lowest BCUT2D eigenvalue weighted by molar-refractivity contribution is -0.132. The number of amides is 2. The highest BCUT2D eigenvalue weighted by Gasteiger charge is 2.25. The van der Waals surface area contributed by atoms with E-state index in [4.69, 9.17) is 0 Å². The number of piperidine rings is 1. The lowest BCUT2D eigenvalue weighted by Gasteiger charge is -2.32. The van der Waals surface area contributed by atoms with Crippen molar-refractivity contribution in [3.05, 3.63) is 0 Å². The lowest BCUT2D eigenvalue weighted by Crippen LogP contribution is -2.45. The monoisotopic (exact) mass is 331 g/mol. The lowest BCUT2D eigenvalue weighted by atomic mass is 10.0. The fraction of sp³-hybridized carbons (Fsp3) is 0.875. The largest absolute Gasteiger partial charge is 0.356 e. The van der Waals surface area contributed by atoms with Crippen molar-refractivity contribution in [1.29, 1.82) is 0 Å². The first-order valence-corrected chi connectivity index (χ1v) is 8.47. The minimum atomic E-state index is 0. The number of nitrogens with one attached hydrogen (secondary N) is 2. The molecule has 5 nitrogen and oxygen atoms in total. The minimum Gasteiger partial charge on any atom is -0.356 e. The van der Waals surface area contributed by atoms with Crippen molar-refractivity contribution in [3.8, 4) is 0 Å². The molecule has 1 saturated carbocycles. The molecule has 1 aliphatic heterocycles. The first-order valence-electron chi connectivity index (χ1n) is 8.47. The van der Waals surface area contributed by atoms with E-state index < -0.39 is 0 Å². The Morgan fingerprint density at radius 3 is 2.36 bits per heavy atom. The van der Waals surface area contributed by atoms with E-state index in [1.165, 1.54) is 12.8 Å². The summed E-state index contributed by atoms with van der Waals surface area (Å²) in [5, 5.41) is 6.38. The van der Waals surface area contributed by atoms with Crippen molar-refractivity contribution in [2.24, 2.45) is 5.92 Å². The highest BCUT2D eigenvalue weighted by Crippen LogP contribution is 2.28. The summed E-state index contributed by atoms with van der Waals surface area (Å²) < 4.78 is 0. The maximum Gasteiger partial charge on any atom is 0.222 e. The van der Waals surface area contributed by atoms with Gasteiger partial charge in [-0.3, -0.25) is 9.59 Å². The van der Waals surface area contributed by atoms with Crippen molar-refractivity contribution >= 4 is 24.2 Å². The number of hydrogen-bond donors (Lipinski definition) is 2. The maximum absolute atomic E-state index is 12.1. The summed E-state index contributed by atoms with van der Waals surface area (Å²) in [6.45, 7) is 5.45. The minimum absolute atomic E-state index is 0. The van der Waals surface area contributed by atoms with Gasteiger partial charge in [-0.25, -0.2) is 0 Å². The smallest absolute Gasteiger partial charge is 0.222 e. The molecule has 1 heterocycles. The molecule has 1 aliphatic carbocycles. The third-order valence-corrected chi connectivity index (χ3v) is 4.41. The van der Waals surface area contributed by atoms with Crippen LogP contribution in [0.3, 0.4) is 0 Å². The first-order chi connectivity index (χ1) is 10.2. The van der Waals surface area contributed by atoms with Gasteiger partial charge in [0.25, 0.3) is 0 Å². The van der Waals surface area contributed by atoms with E-state index in [1.807, 2.05) is 11.8 Å².